The average Bonchev–Trinajstić information content (AvgIpc) is 2.91. The molecule has 1 spiro atoms. The smallest absolute Gasteiger partial charge is 0.410 e. The van der Waals surface area contributed by atoms with Crippen LogP contribution in [0.1, 0.15) is 18.4 Å². The number of cyclic esters (lactones) is 1. The Morgan fingerprint density at radius 3 is 2.73 bits per heavy atom. The molecule has 1 aliphatic carbocycles. The summed E-state index contributed by atoms with van der Waals surface area (Å²) in [5, 5.41) is 2.70. The quantitative estimate of drug-likeness (QED) is 0.879. The minimum atomic E-state index is -0.637. The third-order valence-electron chi connectivity index (χ3n) is 4.90. The molecule has 7 nitrogen and oxygen atoms in total. The van der Waals surface area contributed by atoms with E-state index in [-0.39, 0.29) is 25.4 Å². The molecule has 0 atom stereocenters. The first-order valence-corrected chi connectivity index (χ1v) is 8.38. The number of nitrogens with zero attached hydrogens (tertiary/aromatic N) is 1. The number of benzene rings is 1. The van der Waals surface area contributed by atoms with Gasteiger partial charge in [0.15, 0.2) is 0 Å². The van der Waals surface area contributed by atoms with Crippen molar-refractivity contribution in [1.29, 1.82) is 0 Å². The van der Waals surface area contributed by atoms with Crippen LogP contribution in [0.5, 0.6) is 0 Å². The van der Waals surface area contributed by atoms with Gasteiger partial charge < -0.3 is 24.4 Å². The van der Waals surface area contributed by atoms with Crippen molar-refractivity contribution < 1.29 is 32.6 Å². The standard InChI is InChI=1S/C17H18F2N2O5/c18-11-2-1-10(14(19)3-11)6-24-12-4-13(5-12)26-16(23)21-7-17(8-21)9-25-15(22)20-17/h1-3,12-13H,4-9H2,(H,20,22)/t12-,13+. The zero-order chi connectivity index (χ0) is 18.3. The number of carbonyl (C=O) groups is 2. The van der Waals surface area contributed by atoms with Crippen LogP contribution in [0.3, 0.4) is 0 Å². The van der Waals surface area contributed by atoms with Gasteiger partial charge in [0.2, 0.25) is 0 Å². The summed E-state index contributed by atoms with van der Waals surface area (Å²) in [6, 6.07) is 3.36. The van der Waals surface area contributed by atoms with Gasteiger partial charge in [0, 0.05) is 24.5 Å². The van der Waals surface area contributed by atoms with Gasteiger partial charge in [-0.1, -0.05) is 6.07 Å². The number of hydrogen-bond acceptors (Lipinski definition) is 5. The molecule has 2 heterocycles. The second-order valence-electron chi connectivity index (χ2n) is 6.98. The Kier molecular flexibility index (Phi) is 4.18. The van der Waals surface area contributed by atoms with Crippen molar-refractivity contribution in [3.8, 4) is 0 Å². The summed E-state index contributed by atoms with van der Waals surface area (Å²) in [6.45, 7) is 1.04. The SMILES string of the molecule is O=C1NC2(CO1)CN(C(=O)O[C@H]1C[C@@H](OCc3ccc(F)cc3F)C1)C2. The lowest BCUT2D eigenvalue weighted by Crippen LogP contribution is -2.70. The average molecular weight is 368 g/mol. The van der Waals surface area contributed by atoms with Crippen molar-refractivity contribution in [3.63, 3.8) is 0 Å². The Hall–Kier alpha value is -2.42. The number of rotatable bonds is 4. The maximum Gasteiger partial charge on any atom is 0.410 e. The van der Waals surface area contributed by atoms with E-state index in [0.29, 0.717) is 31.5 Å². The lowest BCUT2D eigenvalue weighted by atomic mass is 9.91. The largest absolute Gasteiger partial charge is 0.447 e. The van der Waals surface area contributed by atoms with Gasteiger partial charge in [0.05, 0.1) is 25.8 Å². The zero-order valence-corrected chi connectivity index (χ0v) is 13.9. The molecule has 0 radical (unpaired) electrons. The maximum atomic E-state index is 13.5. The molecule has 0 bridgehead atoms. The molecule has 26 heavy (non-hydrogen) atoms. The number of alkyl carbamates (subject to hydrolysis) is 1. The van der Waals surface area contributed by atoms with Gasteiger partial charge in [-0.15, -0.1) is 0 Å². The van der Waals surface area contributed by atoms with Crippen LogP contribution in [0.15, 0.2) is 18.2 Å². The highest BCUT2D eigenvalue weighted by molar-refractivity contribution is 5.74. The van der Waals surface area contributed by atoms with Crippen molar-refractivity contribution in [2.75, 3.05) is 19.7 Å². The van der Waals surface area contributed by atoms with Gasteiger partial charge in [0.1, 0.15) is 29.9 Å². The molecule has 3 aliphatic rings. The molecule has 140 valence electrons. The van der Waals surface area contributed by atoms with E-state index in [1.54, 1.807) is 0 Å². The van der Waals surface area contributed by atoms with Gasteiger partial charge in [-0.2, -0.15) is 0 Å². The first kappa shape index (κ1) is 17.0. The predicted molar refractivity (Wildman–Crippen MR) is 83.2 cm³/mol. The third kappa shape index (κ3) is 3.31. The lowest BCUT2D eigenvalue weighted by molar-refractivity contribution is -0.0932. The lowest BCUT2D eigenvalue weighted by Gasteiger charge is -2.46. The fourth-order valence-electron chi connectivity index (χ4n) is 3.29. The molecule has 0 unspecified atom stereocenters. The van der Waals surface area contributed by atoms with Crippen LogP contribution >= 0.6 is 0 Å². The summed E-state index contributed by atoms with van der Waals surface area (Å²) in [7, 11) is 0. The number of amides is 2. The highest BCUT2D eigenvalue weighted by Gasteiger charge is 2.52. The fourth-order valence-corrected chi connectivity index (χ4v) is 3.29. The van der Waals surface area contributed by atoms with Crippen molar-refractivity contribution in [1.82, 2.24) is 10.2 Å². The number of likely N-dealkylation sites (tertiary alicyclic amines) is 1. The molecule has 2 aliphatic heterocycles. The van der Waals surface area contributed by atoms with Gasteiger partial charge >= 0.3 is 12.2 Å². The normalized spacial score (nSPS) is 25.9. The van der Waals surface area contributed by atoms with Crippen molar-refractivity contribution >= 4 is 12.2 Å². The van der Waals surface area contributed by atoms with Crippen LogP contribution < -0.4 is 5.32 Å². The minimum absolute atomic E-state index is 0.0474. The van der Waals surface area contributed by atoms with Gasteiger partial charge in [-0.3, -0.25) is 0 Å². The number of carbonyl (C=O) groups excluding carboxylic acids is 2. The fraction of sp³-hybridized carbons (Fsp3) is 0.529. The molecular weight excluding hydrogens is 350 g/mol. The monoisotopic (exact) mass is 368 g/mol. The van der Waals surface area contributed by atoms with E-state index in [0.717, 1.165) is 6.07 Å². The number of nitrogens with one attached hydrogen (secondary N) is 1. The van der Waals surface area contributed by atoms with Crippen LogP contribution in [0.25, 0.3) is 0 Å². The van der Waals surface area contributed by atoms with E-state index in [9.17, 15) is 18.4 Å². The van der Waals surface area contributed by atoms with Crippen LogP contribution in [-0.2, 0) is 20.8 Å². The highest BCUT2D eigenvalue weighted by Crippen LogP contribution is 2.31. The molecule has 1 aromatic rings. The van der Waals surface area contributed by atoms with Gasteiger partial charge in [0.25, 0.3) is 0 Å². The van der Waals surface area contributed by atoms with Crippen molar-refractivity contribution in [3.05, 3.63) is 35.4 Å². The molecule has 9 heteroatoms. The summed E-state index contributed by atoms with van der Waals surface area (Å²) in [5.41, 5.74) is -0.181. The maximum absolute atomic E-state index is 13.5. The van der Waals surface area contributed by atoms with Crippen LogP contribution in [0.2, 0.25) is 0 Å². The van der Waals surface area contributed by atoms with E-state index in [2.05, 4.69) is 5.32 Å². The molecule has 0 aromatic heterocycles. The Labute approximate surface area is 148 Å². The van der Waals surface area contributed by atoms with E-state index < -0.39 is 29.4 Å². The molecule has 2 amide bonds. The highest BCUT2D eigenvalue weighted by atomic mass is 19.1. The van der Waals surface area contributed by atoms with Crippen molar-refractivity contribution in [2.45, 2.75) is 37.2 Å². The summed E-state index contributed by atoms with van der Waals surface area (Å²) in [5.74, 6) is -1.26. The minimum Gasteiger partial charge on any atom is -0.447 e. The summed E-state index contributed by atoms with van der Waals surface area (Å²) >= 11 is 0. The first-order chi connectivity index (χ1) is 12.4. The second-order valence-corrected chi connectivity index (χ2v) is 6.98. The molecule has 1 N–H and O–H groups in total. The Morgan fingerprint density at radius 1 is 1.31 bits per heavy atom. The molecule has 4 rings (SSSR count). The number of ether oxygens (including phenoxy) is 3. The Balaban J connectivity index is 1.15. The van der Waals surface area contributed by atoms with E-state index in [1.165, 1.54) is 17.0 Å². The Morgan fingerprint density at radius 2 is 2.08 bits per heavy atom. The summed E-state index contributed by atoms with van der Waals surface area (Å²) < 4.78 is 42.2. The second kappa shape index (κ2) is 6.39. The Bertz CT molecular complexity index is 732. The van der Waals surface area contributed by atoms with Crippen LogP contribution in [0, 0.1) is 11.6 Å². The summed E-state index contributed by atoms with van der Waals surface area (Å²) in [6.07, 6.45) is -0.181. The zero-order valence-electron chi connectivity index (χ0n) is 13.9. The molecule has 3 fully saturated rings. The summed E-state index contributed by atoms with van der Waals surface area (Å²) in [4.78, 5) is 24.6. The first-order valence-electron chi connectivity index (χ1n) is 8.38. The van der Waals surface area contributed by atoms with Gasteiger partial charge in [-0.05, 0) is 6.07 Å². The van der Waals surface area contributed by atoms with E-state index in [4.69, 9.17) is 14.2 Å². The molecule has 2 saturated heterocycles. The van der Waals surface area contributed by atoms with Crippen LogP contribution in [0.4, 0.5) is 18.4 Å². The number of hydrogen-bond donors (Lipinski definition) is 1. The van der Waals surface area contributed by atoms with Gasteiger partial charge in [-0.25, -0.2) is 18.4 Å². The number of halogens is 2. The van der Waals surface area contributed by atoms with Crippen LogP contribution in [-0.4, -0.2) is 54.5 Å². The van der Waals surface area contributed by atoms with E-state index in [1.807, 2.05) is 0 Å². The van der Waals surface area contributed by atoms with Crippen molar-refractivity contribution in [2.24, 2.45) is 0 Å². The molecular formula is C17H18F2N2O5. The molecule has 1 aromatic carbocycles. The third-order valence-corrected chi connectivity index (χ3v) is 4.90. The predicted octanol–water partition coefficient (Wildman–Crippen LogP) is 1.94. The van der Waals surface area contributed by atoms with E-state index >= 15 is 0 Å². The topological polar surface area (TPSA) is 77.1 Å². The molecule has 1 saturated carbocycles.